The lowest BCUT2D eigenvalue weighted by atomic mass is 9.95. The molecule has 0 aliphatic heterocycles. The largest absolute Gasteiger partial charge is 0.433 e. The van der Waals surface area contributed by atoms with Gasteiger partial charge >= 0.3 is 5.97 Å². The zero-order chi connectivity index (χ0) is 17.9. The van der Waals surface area contributed by atoms with E-state index in [0.717, 1.165) is 17.4 Å². The third kappa shape index (κ3) is 3.30. The Kier molecular flexibility index (Phi) is 4.90. The molecule has 0 saturated carbocycles. The minimum absolute atomic E-state index is 0.341. The third-order valence-corrected chi connectivity index (χ3v) is 4.96. The fourth-order valence-corrected chi connectivity index (χ4v) is 3.65. The van der Waals surface area contributed by atoms with Gasteiger partial charge in [-0.05, 0) is 29.5 Å². The van der Waals surface area contributed by atoms with E-state index in [1.54, 1.807) is 18.3 Å². The van der Waals surface area contributed by atoms with Crippen molar-refractivity contribution in [3.05, 3.63) is 72.1 Å². The van der Waals surface area contributed by atoms with Crippen molar-refractivity contribution >= 4 is 23.6 Å². The van der Waals surface area contributed by atoms with Crippen LogP contribution in [0.3, 0.4) is 0 Å². The highest BCUT2D eigenvalue weighted by molar-refractivity contribution is 7.98. The lowest BCUT2D eigenvalue weighted by Gasteiger charge is -2.27. The molecule has 1 heterocycles. The van der Waals surface area contributed by atoms with Gasteiger partial charge in [0.15, 0.2) is 0 Å². The summed E-state index contributed by atoms with van der Waals surface area (Å²) >= 11 is 1.38. The van der Waals surface area contributed by atoms with Crippen molar-refractivity contribution < 1.29 is 14.3 Å². The van der Waals surface area contributed by atoms with E-state index in [0.29, 0.717) is 23.4 Å². The number of hydrogen-bond donors (Lipinski definition) is 1. The number of fused-ring (bicyclic) bond motifs is 1. The lowest BCUT2D eigenvalue weighted by Crippen LogP contribution is -2.56. The molecule has 6 heteroatoms. The van der Waals surface area contributed by atoms with Crippen LogP contribution < -0.4 is 5.32 Å². The molecule has 128 valence electrons. The molecule has 1 aromatic carbocycles. The van der Waals surface area contributed by atoms with Gasteiger partial charge in [-0.15, -0.1) is 11.8 Å². The van der Waals surface area contributed by atoms with Gasteiger partial charge in [0.05, 0.1) is 11.8 Å². The number of nitrogens with zero attached hydrogens (tertiary/aromatic N) is 1. The molecule has 1 N–H and O–H groups in total. The predicted octanol–water partition coefficient (Wildman–Crippen LogP) is 2.76. The summed E-state index contributed by atoms with van der Waals surface area (Å²) in [6, 6.07) is 11.2. The number of rotatable bonds is 5. The summed E-state index contributed by atoms with van der Waals surface area (Å²) in [5, 5.41) is 3.51. The van der Waals surface area contributed by atoms with Crippen molar-refractivity contribution in [2.75, 3.05) is 6.26 Å². The van der Waals surface area contributed by atoms with Gasteiger partial charge in [-0.2, -0.15) is 0 Å². The number of amides is 1. The van der Waals surface area contributed by atoms with Gasteiger partial charge in [0.25, 0.3) is 5.91 Å². The van der Waals surface area contributed by atoms with E-state index in [1.807, 2.05) is 30.5 Å². The van der Waals surface area contributed by atoms with Crippen LogP contribution >= 0.6 is 11.8 Å². The molecule has 1 aromatic heterocycles. The van der Waals surface area contributed by atoms with Gasteiger partial charge in [-0.25, -0.2) is 9.78 Å². The second-order valence-corrected chi connectivity index (χ2v) is 6.59. The van der Waals surface area contributed by atoms with Crippen molar-refractivity contribution in [1.82, 2.24) is 10.3 Å². The molecular formula is C19H18N2O3S. The first kappa shape index (κ1) is 17.2. The Bertz CT molecular complexity index is 810. The van der Waals surface area contributed by atoms with Gasteiger partial charge < -0.3 is 10.1 Å². The second-order valence-electron chi connectivity index (χ2n) is 5.79. The number of esters is 1. The first-order chi connectivity index (χ1) is 12.1. The van der Waals surface area contributed by atoms with E-state index in [2.05, 4.69) is 16.9 Å². The van der Waals surface area contributed by atoms with Crippen LogP contribution in [0.25, 0.3) is 0 Å². The fraction of sp³-hybridized carbons (Fsp3) is 0.211. The number of hydrogen-bond acceptors (Lipinski definition) is 5. The minimum atomic E-state index is -1.14. The number of pyridine rings is 1. The van der Waals surface area contributed by atoms with Gasteiger partial charge in [0.2, 0.25) is 0 Å². The zero-order valence-electron chi connectivity index (χ0n) is 13.8. The molecule has 1 aliphatic rings. The molecule has 1 aliphatic carbocycles. The van der Waals surface area contributed by atoms with Crippen LogP contribution in [0.15, 0.2) is 60.5 Å². The van der Waals surface area contributed by atoms with Crippen LogP contribution in [-0.4, -0.2) is 28.7 Å². The monoisotopic (exact) mass is 354 g/mol. The van der Waals surface area contributed by atoms with E-state index >= 15 is 0 Å². The Morgan fingerprint density at radius 2 is 1.92 bits per heavy atom. The number of ether oxygens (including phenoxy) is 1. The van der Waals surface area contributed by atoms with Gasteiger partial charge in [-0.1, -0.05) is 30.8 Å². The number of aromatic nitrogens is 1. The summed E-state index contributed by atoms with van der Waals surface area (Å²) in [5.74, 6) is -0.854. The summed E-state index contributed by atoms with van der Waals surface area (Å²) in [7, 11) is 0. The van der Waals surface area contributed by atoms with E-state index < -0.39 is 11.5 Å². The number of nitrogens with one attached hydrogen (secondary N) is 1. The normalized spacial score (nSPS) is 14.4. The maximum absolute atomic E-state index is 12.8. The summed E-state index contributed by atoms with van der Waals surface area (Å²) in [5.41, 5.74) is 1.36. The van der Waals surface area contributed by atoms with Gasteiger partial charge in [-0.3, -0.25) is 4.79 Å². The van der Waals surface area contributed by atoms with Crippen molar-refractivity contribution in [2.24, 2.45) is 0 Å². The molecule has 0 atom stereocenters. The zero-order valence-corrected chi connectivity index (χ0v) is 14.6. The fourth-order valence-electron chi connectivity index (χ4n) is 3.10. The van der Waals surface area contributed by atoms with Crippen molar-refractivity contribution in [1.29, 1.82) is 0 Å². The first-order valence-electron chi connectivity index (χ1n) is 7.80. The highest BCUT2D eigenvalue weighted by Gasteiger charge is 2.46. The number of benzene rings is 1. The van der Waals surface area contributed by atoms with E-state index in [-0.39, 0.29) is 5.91 Å². The van der Waals surface area contributed by atoms with E-state index in [9.17, 15) is 9.59 Å². The summed E-state index contributed by atoms with van der Waals surface area (Å²) < 4.78 is 5.04. The standard InChI is InChI=1S/C19H18N2O3S/c1-3-24-18(23)19(11-13-7-4-5-8-14(13)12-19)21-16(22)15-9-6-10-20-17(15)25-2/h3-10H,1,11-12H2,2H3,(H,21,22). The van der Waals surface area contributed by atoms with Crippen LogP contribution in [0.2, 0.25) is 0 Å². The number of carbonyl (C=O) groups is 2. The van der Waals surface area contributed by atoms with Gasteiger partial charge in [0.1, 0.15) is 10.6 Å². The Labute approximate surface area is 150 Å². The molecular weight excluding hydrogens is 336 g/mol. The first-order valence-corrected chi connectivity index (χ1v) is 9.02. The molecule has 5 nitrogen and oxygen atoms in total. The molecule has 0 saturated heterocycles. The maximum Gasteiger partial charge on any atom is 0.337 e. The summed E-state index contributed by atoms with van der Waals surface area (Å²) in [6.45, 7) is 3.45. The molecule has 1 amide bonds. The SMILES string of the molecule is C=COC(=O)C1(NC(=O)c2cccnc2SC)Cc2ccccc2C1. The molecule has 0 unspecified atom stereocenters. The van der Waals surface area contributed by atoms with Gasteiger partial charge in [0, 0.05) is 19.0 Å². The molecule has 25 heavy (non-hydrogen) atoms. The highest BCUT2D eigenvalue weighted by Crippen LogP contribution is 2.32. The summed E-state index contributed by atoms with van der Waals surface area (Å²) in [6.07, 6.45) is 5.35. The lowest BCUT2D eigenvalue weighted by molar-refractivity contribution is -0.145. The molecule has 2 aromatic rings. The molecule has 0 radical (unpaired) electrons. The van der Waals surface area contributed by atoms with E-state index in [4.69, 9.17) is 4.74 Å². The Morgan fingerprint density at radius 3 is 2.52 bits per heavy atom. The molecule has 0 bridgehead atoms. The average Bonchev–Trinajstić information content (AvgIpc) is 3.01. The van der Waals surface area contributed by atoms with Crippen LogP contribution in [0, 0.1) is 0 Å². The molecule has 0 fully saturated rings. The van der Waals surface area contributed by atoms with Crippen LogP contribution in [0.4, 0.5) is 0 Å². The Balaban J connectivity index is 1.93. The highest BCUT2D eigenvalue weighted by atomic mass is 32.2. The van der Waals surface area contributed by atoms with Crippen LogP contribution in [-0.2, 0) is 22.4 Å². The van der Waals surface area contributed by atoms with Crippen molar-refractivity contribution in [3.63, 3.8) is 0 Å². The van der Waals surface area contributed by atoms with Crippen molar-refractivity contribution in [2.45, 2.75) is 23.4 Å². The second kappa shape index (κ2) is 7.11. The quantitative estimate of drug-likeness (QED) is 0.508. The molecule has 3 rings (SSSR count). The predicted molar refractivity (Wildman–Crippen MR) is 96.4 cm³/mol. The number of carbonyl (C=O) groups excluding carboxylic acids is 2. The Hall–Kier alpha value is -2.60. The van der Waals surface area contributed by atoms with Crippen molar-refractivity contribution in [3.8, 4) is 0 Å². The smallest absolute Gasteiger partial charge is 0.337 e. The summed E-state index contributed by atoms with van der Waals surface area (Å²) in [4.78, 5) is 29.7. The Morgan fingerprint density at radius 1 is 1.24 bits per heavy atom. The van der Waals surface area contributed by atoms with Crippen LogP contribution in [0.5, 0.6) is 0 Å². The maximum atomic E-state index is 12.8. The van der Waals surface area contributed by atoms with Crippen LogP contribution in [0.1, 0.15) is 21.5 Å². The minimum Gasteiger partial charge on any atom is -0.433 e. The van der Waals surface area contributed by atoms with E-state index in [1.165, 1.54) is 11.8 Å². The molecule has 0 spiro atoms. The average molecular weight is 354 g/mol. The third-order valence-electron chi connectivity index (χ3n) is 4.25. The number of thioether (sulfide) groups is 1. The topological polar surface area (TPSA) is 68.3 Å².